The molecule has 2 aromatic carbocycles. The van der Waals surface area contributed by atoms with Crippen molar-refractivity contribution >= 4 is 34.8 Å². The van der Waals surface area contributed by atoms with Gasteiger partial charge in [0.2, 0.25) is 0 Å². The van der Waals surface area contributed by atoms with E-state index in [0.717, 1.165) is 17.7 Å². The summed E-state index contributed by atoms with van der Waals surface area (Å²) in [6.07, 6.45) is 3.51. The zero-order valence-corrected chi connectivity index (χ0v) is 11.5. The Kier molecular flexibility index (Phi) is 3.62. The lowest BCUT2D eigenvalue weighted by molar-refractivity contribution is 0.510. The molecule has 3 aromatic rings. The Hall–Kier alpha value is -2.33. The number of fused-ring (bicyclic) bond motifs is 1. The number of nitrogens with zero attached hydrogens (tertiary/aromatic N) is 2. The summed E-state index contributed by atoms with van der Waals surface area (Å²) >= 11 is 6.02. The number of benzene rings is 2. The van der Waals surface area contributed by atoms with Gasteiger partial charge in [0.05, 0.1) is 11.0 Å². The van der Waals surface area contributed by atoms with Gasteiger partial charge < -0.3 is 0 Å². The van der Waals surface area contributed by atoms with E-state index in [1.54, 1.807) is 6.08 Å². The fraction of sp³-hybridized carbons (Fsp3) is 0. The number of hydrogen-bond donors (Lipinski definition) is 0. The Morgan fingerprint density at radius 1 is 0.857 bits per heavy atom. The van der Waals surface area contributed by atoms with Crippen molar-refractivity contribution in [3.63, 3.8) is 0 Å². The molecular formula is C16H9ClF2N2. The summed E-state index contributed by atoms with van der Waals surface area (Å²) in [5, 5.41) is 0.140. The molecular weight excluding hydrogens is 294 g/mol. The fourth-order valence-electron chi connectivity index (χ4n) is 1.89. The van der Waals surface area contributed by atoms with Gasteiger partial charge in [-0.3, -0.25) is 0 Å². The molecule has 0 fully saturated rings. The largest absolute Gasteiger partial charge is 0.243 e. The summed E-state index contributed by atoms with van der Waals surface area (Å²) in [7, 11) is 0. The van der Waals surface area contributed by atoms with Crippen LogP contribution in [0.5, 0.6) is 0 Å². The zero-order chi connectivity index (χ0) is 14.8. The third-order valence-corrected chi connectivity index (χ3v) is 3.20. The first kappa shape index (κ1) is 13.6. The smallest absolute Gasteiger partial charge is 0.161 e. The highest BCUT2D eigenvalue weighted by Gasteiger charge is 2.09. The van der Waals surface area contributed by atoms with Crippen LogP contribution in [0.1, 0.15) is 11.3 Å². The van der Waals surface area contributed by atoms with Crippen LogP contribution in [-0.4, -0.2) is 9.97 Å². The minimum atomic E-state index is -0.972. The molecule has 0 radical (unpaired) electrons. The maximum absolute atomic E-state index is 13.2. The summed E-state index contributed by atoms with van der Waals surface area (Å²) < 4.78 is 26.4. The van der Waals surface area contributed by atoms with Crippen molar-refractivity contribution in [2.75, 3.05) is 0 Å². The van der Waals surface area contributed by atoms with Gasteiger partial charge in [0.15, 0.2) is 16.8 Å². The number of hydrogen-bond acceptors (Lipinski definition) is 2. The van der Waals surface area contributed by atoms with E-state index in [9.17, 15) is 8.78 Å². The van der Waals surface area contributed by atoms with Gasteiger partial charge in [0.25, 0.3) is 0 Å². The highest BCUT2D eigenvalue weighted by Crippen LogP contribution is 2.21. The van der Waals surface area contributed by atoms with Crippen LogP contribution in [0.25, 0.3) is 23.2 Å². The van der Waals surface area contributed by atoms with Gasteiger partial charge in [-0.1, -0.05) is 48.0 Å². The Balaban J connectivity index is 2.05. The van der Waals surface area contributed by atoms with Crippen molar-refractivity contribution < 1.29 is 8.78 Å². The van der Waals surface area contributed by atoms with Crippen LogP contribution in [0.2, 0.25) is 5.15 Å². The van der Waals surface area contributed by atoms with Gasteiger partial charge in [-0.2, -0.15) is 0 Å². The Bertz CT molecular complexity index is 833. The third kappa shape index (κ3) is 2.90. The maximum atomic E-state index is 13.2. The summed E-state index contributed by atoms with van der Waals surface area (Å²) in [6.45, 7) is 0. The minimum Gasteiger partial charge on any atom is -0.243 e. The molecule has 0 bridgehead atoms. The zero-order valence-electron chi connectivity index (χ0n) is 10.7. The number of halogens is 3. The molecule has 2 nitrogen and oxygen atoms in total. The monoisotopic (exact) mass is 302 g/mol. The molecule has 0 spiro atoms. The van der Waals surface area contributed by atoms with Crippen molar-refractivity contribution in [2.45, 2.75) is 0 Å². The van der Waals surface area contributed by atoms with Gasteiger partial charge in [-0.15, -0.1) is 0 Å². The molecule has 0 saturated heterocycles. The predicted molar refractivity (Wildman–Crippen MR) is 79.8 cm³/mol. The molecule has 3 rings (SSSR count). The molecule has 104 valence electrons. The van der Waals surface area contributed by atoms with Crippen molar-refractivity contribution in [3.05, 3.63) is 70.5 Å². The van der Waals surface area contributed by atoms with Gasteiger partial charge >= 0.3 is 0 Å². The second-order valence-corrected chi connectivity index (χ2v) is 4.76. The Morgan fingerprint density at radius 2 is 1.48 bits per heavy atom. The summed E-state index contributed by atoms with van der Waals surface area (Å²) in [4.78, 5) is 8.24. The lowest BCUT2D eigenvalue weighted by atomic mass is 10.2. The van der Waals surface area contributed by atoms with Crippen LogP contribution in [-0.2, 0) is 0 Å². The van der Waals surface area contributed by atoms with E-state index in [2.05, 4.69) is 9.97 Å². The molecule has 0 aliphatic heterocycles. The van der Waals surface area contributed by atoms with Gasteiger partial charge in [-0.05, 0) is 11.6 Å². The molecule has 0 N–H and O–H groups in total. The summed E-state index contributed by atoms with van der Waals surface area (Å²) in [6, 6.07) is 11.6. The normalized spacial score (nSPS) is 11.4. The SMILES string of the molecule is Fc1cc2nc(Cl)c(/C=C/c3ccccc3)nc2cc1F. The predicted octanol–water partition coefficient (Wildman–Crippen LogP) is 4.73. The molecule has 0 aliphatic rings. The Morgan fingerprint density at radius 3 is 2.14 bits per heavy atom. The van der Waals surface area contributed by atoms with Crippen molar-refractivity contribution in [2.24, 2.45) is 0 Å². The van der Waals surface area contributed by atoms with E-state index >= 15 is 0 Å². The van der Waals surface area contributed by atoms with Crippen LogP contribution >= 0.6 is 11.6 Å². The number of rotatable bonds is 2. The van der Waals surface area contributed by atoms with Crippen LogP contribution in [0.3, 0.4) is 0 Å². The minimum absolute atomic E-state index is 0.140. The van der Waals surface area contributed by atoms with E-state index in [0.29, 0.717) is 5.69 Å². The van der Waals surface area contributed by atoms with Crippen molar-refractivity contribution in [3.8, 4) is 0 Å². The first-order valence-corrected chi connectivity index (χ1v) is 6.57. The standard InChI is InChI=1S/C16H9ClF2N2/c17-16-13(7-6-10-4-2-1-3-5-10)20-14-8-11(18)12(19)9-15(14)21-16/h1-9H/b7-6+. The lowest BCUT2D eigenvalue weighted by Crippen LogP contribution is -1.93. The Labute approximate surface area is 124 Å². The van der Waals surface area contributed by atoms with Crippen molar-refractivity contribution in [1.82, 2.24) is 9.97 Å². The van der Waals surface area contributed by atoms with Gasteiger partial charge in [0, 0.05) is 12.1 Å². The van der Waals surface area contributed by atoms with Gasteiger partial charge in [-0.25, -0.2) is 18.7 Å². The highest BCUT2D eigenvalue weighted by molar-refractivity contribution is 6.31. The van der Waals surface area contributed by atoms with Gasteiger partial charge in [0.1, 0.15) is 5.69 Å². The van der Waals surface area contributed by atoms with Crippen LogP contribution in [0.4, 0.5) is 8.78 Å². The molecule has 0 atom stereocenters. The van der Waals surface area contributed by atoms with E-state index in [4.69, 9.17) is 11.6 Å². The molecule has 1 aromatic heterocycles. The van der Waals surface area contributed by atoms with E-state index < -0.39 is 11.6 Å². The molecule has 1 heterocycles. The highest BCUT2D eigenvalue weighted by atomic mass is 35.5. The van der Waals surface area contributed by atoms with E-state index in [1.807, 2.05) is 36.4 Å². The molecule has 0 saturated carbocycles. The first-order chi connectivity index (χ1) is 10.1. The second-order valence-electron chi connectivity index (χ2n) is 4.40. The molecule has 5 heteroatoms. The van der Waals surface area contributed by atoms with Crippen LogP contribution in [0.15, 0.2) is 42.5 Å². The average Bonchev–Trinajstić information content (AvgIpc) is 2.48. The maximum Gasteiger partial charge on any atom is 0.161 e. The first-order valence-electron chi connectivity index (χ1n) is 6.19. The topological polar surface area (TPSA) is 25.8 Å². The van der Waals surface area contributed by atoms with E-state index in [1.165, 1.54) is 0 Å². The number of aromatic nitrogens is 2. The van der Waals surface area contributed by atoms with Crippen LogP contribution in [0, 0.1) is 11.6 Å². The lowest BCUT2D eigenvalue weighted by Gasteiger charge is -2.02. The molecule has 21 heavy (non-hydrogen) atoms. The third-order valence-electron chi connectivity index (χ3n) is 2.92. The average molecular weight is 303 g/mol. The van der Waals surface area contributed by atoms with Crippen molar-refractivity contribution in [1.29, 1.82) is 0 Å². The van der Waals surface area contributed by atoms with Crippen LogP contribution < -0.4 is 0 Å². The summed E-state index contributed by atoms with van der Waals surface area (Å²) in [5.74, 6) is -1.93. The molecule has 0 aliphatic carbocycles. The quantitative estimate of drug-likeness (QED) is 0.684. The summed E-state index contributed by atoms with van der Waals surface area (Å²) in [5.41, 5.74) is 1.85. The fourth-order valence-corrected chi connectivity index (χ4v) is 2.09. The molecule has 0 unspecified atom stereocenters. The second kappa shape index (κ2) is 5.58. The van der Waals surface area contributed by atoms with E-state index in [-0.39, 0.29) is 16.2 Å². The molecule has 0 amide bonds.